The second kappa shape index (κ2) is 10.4. The molecule has 1 heterocycles. The third kappa shape index (κ3) is 7.72. The molecule has 0 spiro atoms. The van der Waals surface area contributed by atoms with Gasteiger partial charge < -0.3 is 10.1 Å². The summed E-state index contributed by atoms with van der Waals surface area (Å²) < 4.78 is 42.5. The van der Waals surface area contributed by atoms with Crippen LogP contribution in [-0.2, 0) is 4.79 Å². The Morgan fingerprint density at radius 2 is 2.04 bits per heavy atom. The van der Waals surface area contributed by atoms with Crippen molar-refractivity contribution in [3.8, 4) is 11.8 Å². The molecule has 0 aliphatic heterocycles. The van der Waals surface area contributed by atoms with Crippen LogP contribution in [0, 0.1) is 11.3 Å². The van der Waals surface area contributed by atoms with Gasteiger partial charge in [0.05, 0.1) is 12.7 Å². The number of benzene rings is 1. The number of nitrogens with zero attached hydrogens (tertiary/aromatic N) is 2. The molecule has 0 saturated carbocycles. The van der Waals surface area contributed by atoms with Crippen LogP contribution in [0.4, 0.5) is 19.0 Å². The molecule has 28 heavy (non-hydrogen) atoms. The van der Waals surface area contributed by atoms with Gasteiger partial charge in [0.1, 0.15) is 0 Å². The van der Waals surface area contributed by atoms with Gasteiger partial charge in [0.25, 0.3) is 0 Å². The molecule has 0 aliphatic carbocycles. The predicted octanol–water partition coefficient (Wildman–Crippen LogP) is 5.03. The van der Waals surface area contributed by atoms with Crippen molar-refractivity contribution in [3.63, 3.8) is 0 Å². The van der Waals surface area contributed by atoms with Crippen molar-refractivity contribution in [1.82, 2.24) is 4.98 Å². The van der Waals surface area contributed by atoms with Gasteiger partial charge >= 0.3 is 5.51 Å². The number of anilines is 1. The summed E-state index contributed by atoms with van der Waals surface area (Å²) in [7, 11) is 0. The van der Waals surface area contributed by atoms with Gasteiger partial charge in [0.15, 0.2) is 11.6 Å². The first-order valence-corrected chi connectivity index (χ1v) is 8.98. The zero-order valence-corrected chi connectivity index (χ0v) is 15.4. The molecule has 2 aromatic rings. The fourth-order valence-electron chi connectivity index (χ4n) is 2.05. The number of carbonyl (C=O) groups excluding carboxylic acids is 1. The van der Waals surface area contributed by atoms with Crippen molar-refractivity contribution in [2.45, 2.75) is 23.2 Å². The number of alkyl halides is 3. The molecule has 1 aromatic heterocycles. The first-order valence-electron chi connectivity index (χ1n) is 8.17. The highest BCUT2D eigenvalue weighted by atomic mass is 32.2. The van der Waals surface area contributed by atoms with Gasteiger partial charge in [-0.05, 0) is 54.1 Å². The number of nitrogens with one attached hydrogen (secondary N) is 1. The molecular weight excluding hydrogens is 391 g/mol. The maximum Gasteiger partial charge on any atom is 0.446 e. The van der Waals surface area contributed by atoms with E-state index in [0.717, 1.165) is 0 Å². The second-order valence-electron chi connectivity index (χ2n) is 5.40. The number of hydrogen-bond donors (Lipinski definition) is 1. The maximum absolute atomic E-state index is 12.3. The van der Waals surface area contributed by atoms with Crippen molar-refractivity contribution >= 4 is 29.6 Å². The Morgan fingerprint density at radius 3 is 2.71 bits per heavy atom. The van der Waals surface area contributed by atoms with Crippen LogP contribution < -0.4 is 10.1 Å². The summed E-state index contributed by atoms with van der Waals surface area (Å²) in [5, 5.41) is 11.1. The number of unbranched alkanes of at least 4 members (excludes halogenated alkanes) is 1. The van der Waals surface area contributed by atoms with Gasteiger partial charge in [0.2, 0.25) is 5.91 Å². The highest BCUT2D eigenvalue weighted by Crippen LogP contribution is 2.36. The number of nitriles is 1. The summed E-state index contributed by atoms with van der Waals surface area (Å²) >= 11 is -0.197. The second-order valence-corrected chi connectivity index (χ2v) is 6.54. The molecule has 0 atom stereocenters. The van der Waals surface area contributed by atoms with Crippen molar-refractivity contribution in [2.75, 3.05) is 11.9 Å². The van der Waals surface area contributed by atoms with Crippen molar-refractivity contribution in [1.29, 1.82) is 5.26 Å². The number of pyridine rings is 1. The van der Waals surface area contributed by atoms with Crippen LogP contribution in [-0.4, -0.2) is 23.0 Å². The number of halogens is 3. The van der Waals surface area contributed by atoms with Gasteiger partial charge in [-0.15, -0.1) is 0 Å². The number of rotatable bonds is 8. The number of ether oxygens (including phenoxy) is 1. The van der Waals surface area contributed by atoms with Crippen LogP contribution in [0.5, 0.6) is 5.75 Å². The van der Waals surface area contributed by atoms with Crippen LogP contribution in [0.25, 0.3) is 6.08 Å². The molecule has 0 aliphatic rings. The average molecular weight is 407 g/mol. The normalized spacial score (nSPS) is 11.2. The summed E-state index contributed by atoms with van der Waals surface area (Å²) in [6, 6.07) is 11.0. The molecule has 2 rings (SSSR count). The van der Waals surface area contributed by atoms with Crippen molar-refractivity contribution in [2.24, 2.45) is 0 Å². The molecule has 5 nitrogen and oxygen atoms in total. The number of carbonyl (C=O) groups is 1. The van der Waals surface area contributed by atoms with Crippen LogP contribution >= 0.6 is 11.8 Å². The number of amides is 1. The monoisotopic (exact) mass is 407 g/mol. The van der Waals surface area contributed by atoms with Crippen LogP contribution in [0.1, 0.15) is 18.4 Å². The average Bonchev–Trinajstić information content (AvgIpc) is 2.65. The van der Waals surface area contributed by atoms with E-state index >= 15 is 0 Å². The smallest absolute Gasteiger partial charge is 0.446 e. The van der Waals surface area contributed by atoms with E-state index in [1.54, 1.807) is 12.1 Å². The Kier molecular flexibility index (Phi) is 7.89. The summed E-state index contributed by atoms with van der Waals surface area (Å²) in [6.45, 7) is 0.320. The zero-order valence-electron chi connectivity index (χ0n) is 14.6. The van der Waals surface area contributed by atoms with Gasteiger partial charge in [-0.2, -0.15) is 18.4 Å². The van der Waals surface area contributed by atoms with E-state index in [9.17, 15) is 18.0 Å². The molecular formula is C19H16F3N3O2S. The van der Waals surface area contributed by atoms with Gasteiger partial charge in [-0.1, -0.05) is 12.1 Å². The van der Waals surface area contributed by atoms with Crippen molar-refractivity contribution < 1.29 is 22.7 Å². The Bertz CT molecular complexity index is 862. The maximum atomic E-state index is 12.3. The predicted molar refractivity (Wildman–Crippen MR) is 101 cm³/mol. The number of aromatic nitrogens is 1. The molecule has 146 valence electrons. The van der Waals surface area contributed by atoms with Crippen LogP contribution in [0.2, 0.25) is 0 Å². The third-order valence-electron chi connectivity index (χ3n) is 3.24. The summed E-state index contributed by atoms with van der Waals surface area (Å²) in [6.07, 6.45) is 5.15. The minimum absolute atomic E-state index is 0.0702. The molecule has 1 N–H and O–H groups in total. The first-order chi connectivity index (χ1) is 13.4. The lowest BCUT2D eigenvalue weighted by Gasteiger charge is -2.09. The highest BCUT2D eigenvalue weighted by Gasteiger charge is 2.28. The molecule has 0 fully saturated rings. The Labute approximate surface area is 164 Å². The summed E-state index contributed by atoms with van der Waals surface area (Å²) in [5.41, 5.74) is -3.76. The zero-order chi connectivity index (χ0) is 20.4. The van der Waals surface area contributed by atoms with Crippen molar-refractivity contribution in [3.05, 3.63) is 54.2 Å². The lowest BCUT2D eigenvalue weighted by atomic mass is 10.2. The van der Waals surface area contributed by atoms with E-state index < -0.39 is 11.4 Å². The third-order valence-corrected chi connectivity index (χ3v) is 3.98. The van der Waals surface area contributed by atoms with Gasteiger partial charge in [0, 0.05) is 23.6 Å². The number of thioether (sulfide) groups is 1. The lowest BCUT2D eigenvalue weighted by Crippen LogP contribution is -2.11. The minimum atomic E-state index is -4.34. The summed E-state index contributed by atoms with van der Waals surface area (Å²) in [4.78, 5) is 16.2. The molecule has 0 radical (unpaired) electrons. The van der Waals surface area contributed by atoms with E-state index in [1.807, 2.05) is 6.07 Å². The van der Waals surface area contributed by atoms with Gasteiger partial charge in [-0.3, -0.25) is 4.79 Å². The number of hydrogen-bond acceptors (Lipinski definition) is 5. The lowest BCUT2D eigenvalue weighted by molar-refractivity contribution is -0.111. The molecule has 1 aromatic carbocycles. The fourth-order valence-corrected chi connectivity index (χ4v) is 2.58. The summed E-state index contributed by atoms with van der Waals surface area (Å²) in [5.74, 6) is 0.163. The van der Waals surface area contributed by atoms with E-state index in [0.29, 0.717) is 30.8 Å². The topological polar surface area (TPSA) is 75.0 Å². The SMILES string of the molecule is N#CCCCOc1cccnc1NC(=O)/C=C/c1ccc(SC(F)(F)F)cc1. The first kappa shape index (κ1) is 21.3. The Hall–Kier alpha value is -2.99. The van der Waals surface area contributed by atoms with E-state index in [1.165, 1.54) is 42.6 Å². The molecule has 0 unspecified atom stereocenters. The van der Waals surface area contributed by atoms with Crippen LogP contribution in [0.3, 0.4) is 0 Å². The minimum Gasteiger partial charge on any atom is -0.490 e. The Morgan fingerprint density at radius 1 is 1.29 bits per heavy atom. The fraction of sp³-hybridized carbons (Fsp3) is 0.211. The quantitative estimate of drug-likeness (QED) is 0.377. The van der Waals surface area contributed by atoms with E-state index in [-0.39, 0.29) is 22.5 Å². The molecule has 0 saturated heterocycles. The van der Waals surface area contributed by atoms with Crippen LogP contribution in [0.15, 0.2) is 53.6 Å². The Balaban J connectivity index is 1.94. The highest BCUT2D eigenvalue weighted by molar-refractivity contribution is 8.00. The van der Waals surface area contributed by atoms with E-state index in [2.05, 4.69) is 10.3 Å². The standard InChI is InChI=1S/C19H16F3N3O2S/c20-19(21,22)28-15-8-5-14(6-9-15)7-10-17(26)25-18-16(4-3-12-24-18)27-13-2-1-11-23/h3-10,12H,1-2,13H2,(H,24,25,26)/b10-7+. The largest absolute Gasteiger partial charge is 0.490 e. The van der Waals surface area contributed by atoms with Gasteiger partial charge in [-0.25, -0.2) is 4.98 Å². The molecule has 0 bridgehead atoms. The van der Waals surface area contributed by atoms with E-state index in [4.69, 9.17) is 10.00 Å². The molecule has 1 amide bonds. The molecule has 9 heteroatoms.